The molecule has 0 saturated heterocycles. The average Bonchev–Trinajstić information content (AvgIpc) is 2.88. The number of hydrogen-bond acceptors (Lipinski definition) is 6. The van der Waals surface area contributed by atoms with Crippen LogP contribution in [0.25, 0.3) is 21.9 Å². The zero-order chi connectivity index (χ0) is 26.7. The van der Waals surface area contributed by atoms with Crippen molar-refractivity contribution in [3.63, 3.8) is 0 Å². The molecule has 202 valence electrons. The largest absolute Gasteiger partial charge is 0.493 e. The summed E-state index contributed by atoms with van der Waals surface area (Å²) in [6, 6.07) is 14.4. The SMILES string of the molecule is Cc1cc(=O)oc2cc(OCCCCCCCCCCCCOc3ccc4c(C)cc(=O)oc4c3)ccc12. The van der Waals surface area contributed by atoms with E-state index in [9.17, 15) is 9.59 Å². The number of hydrogen-bond donors (Lipinski definition) is 0. The van der Waals surface area contributed by atoms with Gasteiger partial charge in [0, 0.05) is 35.0 Å². The van der Waals surface area contributed by atoms with Crippen LogP contribution in [0.1, 0.15) is 75.3 Å². The molecule has 0 saturated carbocycles. The van der Waals surface area contributed by atoms with Gasteiger partial charge in [-0.1, -0.05) is 51.4 Å². The second-order valence-corrected chi connectivity index (χ2v) is 10.0. The van der Waals surface area contributed by atoms with Crippen molar-refractivity contribution >= 4 is 21.9 Å². The molecule has 0 unspecified atom stereocenters. The van der Waals surface area contributed by atoms with Crippen LogP contribution in [0.3, 0.4) is 0 Å². The van der Waals surface area contributed by atoms with E-state index >= 15 is 0 Å². The lowest BCUT2D eigenvalue weighted by atomic mass is 10.1. The van der Waals surface area contributed by atoms with Crippen molar-refractivity contribution in [3.8, 4) is 11.5 Å². The highest BCUT2D eigenvalue weighted by atomic mass is 16.5. The molecule has 0 aliphatic carbocycles. The lowest BCUT2D eigenvalue weighted by Gasteiger charge is -2.08. The Bertz CT molecular complexity index is 1340. The van der Waals surface area contributed by atoms with Gasteiger partial charge < -0.3 is 18.3 Å². The number of ether oxygens (including phenoxy) is 2. The highest BCUT2D eigenvalue weighted by Gasteiger charge is 2.05. The summed E-state index contributed by atoms with van der Waals surface area (Å²) >= 11 is 0. The van der Waals surface area contributed by atoms with Gasteiger partial charge in [0.05, 0.1) is 13.2 Å². The molecule has 0 atom stereocenters. The summed E-state index contributed by atoms with van der Waals surface area (Å²) in [7, 11) is 0. The maximum absolute atomic E-state index is 11.6. The Hall–Kier alpha value is -3.54. The lowest BCUT2D eigenvalue weighted by Crippen LogP contribution is -2.00. The van der Waals surface area contributed by atoms with Crippen molar-refractivity contribution in [3.05, 3.63) is 80.5 Å². The van der Waals surface area contributed by atoms with Crippen LogP contribution in [0, 0.1) is 13.8 Å². The molecule has 6 nitrogen and oxygen atoms in total. The lowest BCUT2D eigenvalue weighted by molar-refractivity contribution is 0.302. The normalized spacial score (nSPS) is 11.3. The van der Waals surface area contributed by atoms with Gasteiger partial charge >= 0.3 is 11.3 Å². The van der Waals surface area contributed by atoms with Gasteiger partial charge in [-0.15, -0.1) is 0 Å². The molecule has 0 fully saturated rings. The Morgan fingerprint density at radius 2 is 0.895 bits per heavy atom. The number of benzene rings is 2. The summed E-state index contributed by atoms with van der Waals surface area (Å²) in [5.41, 5.74) is 2.34. The third-order valence-electron chi connectivity index (χ3n) is 6.92. The van der Waals surface area contributed by atoms with E-state index in [2.05, 4.69) is 0 Å². The number of fused-ring (bicyclic) bond motifs is 2. The summed E-state index contributed by atoms with van der Waals surface area (Å²) in [5.74, 6) is 1.50. The van der Waals surface area contributed by atoms with Crippen LogP contribution in [0.5, 0.6) is 11.5 Å². The van der Waals surface area contributed by atoms with Crippen LogP contribution in [0.15, 0.2) is 67.0 Å². The van der Waals surface area contributed by atoms with Gasteiger partial charge in [0.1, 0.15) is 22.7 Å². The number of rotatable bonds is 15. The van der Waals surface area contributed by atoms with Gasteiger partial charge in [0.2, 0.25) is 0 Å². The summed E-state index contributed by atoms with van der Waals surface area (Å²) in [6.07, 6.45) is 11.9. The summed E-state index contributed by atoms with van der Waals surface area (Å²) in [5, 5.41) is 1.89. The van der Waals surface area contributed by atoms with Crippen LogP contribution in [0.2, 0.25) is 0 Å². The van der Waals surface area contributed by atoms with Gasteiger partial charge in [-0.05, 0) is 62.1 Å². The minimum atomic E-state index is -0.327. The molecule has 4 aromatic rings. The summed E-state index contributed by atoms with van der Waals surface area (Å²) < 4.78 is 22.3. The highest BCUT2D eigenvalue weighted by Crippen LogP contribution is 2.24. The molecular weight excluding hydrogens is 480 g/mol. The Kier molecular flexibility index (Phi) is 10.0. The molecule has 6 heteroatoms. The van der Waals surface area contributed by atoms with Crippen molar-refractivity contribution < 1.29 is 18.3 Å². The average molecular weight is 519 g/mol. The van der Waals surface area contributed by atoms with Crippen molar-refractivity contribution in [2.45, 2.75) is 78.1 Å². The third kappa shape index (κ3) is 7.98. The van der Waals surface area contributed by atoms with E-state index in [1.807, 2.05) is 38.1 Å². The number of aryl methyl sites for hydroxylation is 2. The minimum absolute atomic E-state index is 0.327. The standard InChI is InChI=1S/C32H38O6/c1-23-19-31(33)37-29-21-25(13-15-27(23)29)35-17-11-9-7-5-3-4-6-8-10-12-18-36-26-14-16-28-24(2)20-32(34)38-30(28)22-26/h13-16,19-22H,3-12,17-18H2,1-2H3. The first kappa shape index (κ1) is 27.5. The minimum Gasteiger partial charge on any atom is -0.493 e. The Balaban J connectivity index is 0.988. The van der Waals surface area contributed by atoms with E-state index in [0.717, 1.165) is 59.1 Å². The topological polar surface area (TPSA) is 78.9 Å². The Labute approximate surface area is 223 Å². The quantitative estimate of drug-likeness (QED) is 0.118. The van der Waals surface area contributed by atoms with Crippen LogP contribution in [-0.2, 0) is 0 Å². The second kappa shape index (κ2) is 13.8. The number of unbranched alkanes of at least 4 members (excludes halogenated alkanes) is 9. The van der Waals surface area contributed by atoms with E-state index in [1.54, 1.807) is 12.1 Å². The molecule has 0 aliphatic rings. The summed E-state index contributed by atoms with van der Waals surface area (Å²) in [4.78, 5) is 23.2. The fourth-order valence-electron chi connectivity index (χ4n) is 4.79. The molecule has 2 heterocycles. The fourth-order valence-corrected chi connectivity index (χ4v) is 4.79. The third-order valence-corrected chi connectivity index (χ3v) is 6.92. The molecule has 2 aromatic carbocycles. The Morgan fingerprint density at radius 1 is 0.526 bits per heavy atom. The van der Waals surface area contributed by atoms with Crippen LogP contribution in [0.4, 0.5) is 0 Å². The second-order valence-electron chi connectivity index (χ2n) is 10.0. The maximum atomic E-state index is 11.6. The zero-order valence-electron chi connectivity index (χ0n) is 22.6. The molecule has 4 rings (SSSR count). The van der Waals surface area contributed by atoms with E-state index in [1.165, 1.54) is 50.7 Å². The van der Waals surface area contributed by atoms with E-state index in [0.29, 0.717) is 24.4 Å². The van der Waals surface area contributed by atoms with Gasteiger partial charge in [0.25, 0.3) is 0 Å². The molecule has 38 heavy (non-hydrogen) atoms. The highest BCUT2D eigenvalue weighted by molar-refractivity contribution is 5.81. The van der Waals surface area contributed by atoms with Crippen molar-refractivity contribution in [2.24, 2.45) is 0 Å². The fraction of sp³-hybridized carbons (Fsp3) is 0.438. The van der Waals surface area contributed by atoms with Crippen molar-refractivity contribution in [1.82, 2.24) is 0 Å². The van der Waals surface area contributed by atoms with Crippen LogP contribution in [-0.4, -0.2) is 13.2 Å². The maximum Gasteiger partial charge on any atom is 0.336 e. The van der Waals surface area contributed by atoms with Gasteiger partial charge in [0.15, 0.2) is 0 Å². The molecule has 0 spiro atoms. The zero-order valence-corrected chi connectivity index (χ0v) is 22.6. The van der Waals surface area contributed by atoms with E-state index in [4.69, 9.17) is 18.3 Å². The van der Waals surface area contributed by atoms with Gasteiger partial charge in [-0.25, -0.2) is 9.59 Å². The Morgan fingerprint density at radius 3 is 1.29 bits per heavy atom. The summed E-state index contributed by atoms with van der Waals surface area (Å²) in [6.45, 7) is 5.18. The predicted molar refractivity (Wildman–Crippen MR) is 152 cm³/mol. The first-order valence-corrected chi connectivity index (χ1v) is 13.8. The monoisotopic (exact) mass is 518 g/mol. The molecule has 0 N–H and O–H groups in total. The molecule has 0 aliphatic heterocycles. The predicted octanol–water partition coefficient (Wildman–Crippen LogP) is 7.88. The van der Waals surface area contributed by atoms with Crippen molar-refractivity contribution in [2.75, 3.05) is 13.2 Å². The smallest absolute Gasteiger partial charge is 0.336 e. The van der Waals surface area contributed by atoms with E-state index < -0.39 is 0 Å². The van der Waals surface area contributed by atoms with Gasteiger partial charge in [-0.2, -0.15) is 0 Å². The van der Waals surface area contributed by atoms with Gasteiger partial charge in [-0.3, -0.25) is 0 Å². The van der Waals surface area contributed by atoms with Crippen LogP contribution >= 0.6 is 0 Å². The van der Waals surface area contributed by atoms with Crippen LogP contribution < -0.4 is 20.7 Å². The molecular formula is C32H38O6. The van der Waals surface area contributed by atoms with Crippen molar-refractivity contribution in [1.29, 1.82) is 0 Å². The van der Waals surface area contributed by atoms with E-state index in [-0.39, 0.29) is 11.3 Å². The molecule has 0 bridgehead atoms. The molecule has 2 aromatic heterocycles. The molecule has 0 amide bonds. The molecule has 0 radical (unpaired) electrons. The first-order valence-electron chi connectivity index (χ1n) is 13.8. The first-order chi connectivity index (χ1) is 18.5.